The van der Waals surface area contributed by atoms with Crippen LogP contribution in [0, 0.1) is 0 Å². The lowest BCUT2D eigenvalue weighted by atomic mass is 9.94. The first kappa shape index (κ1) is 8.02. The van der Waals surface area contributed by atoms with Gasteiger partial charge in [-0.25, -0.2) is 0 Å². The van der Waals surface area contributed by atoms with E-state index >= 15 is 0 Å². The number of nitrogens with one attached hydrogen (secondary N) is 1. The zero-order valence-corrected chi connectivity index (χ0v) is 7.05. The quantitative estimate of drug-likeness (QED) is 0.549. The van der Waals surface area contributed by atoms with Crippen LogP contribution in [0.5, 0.6) is 0 Å². The van der Waals surface area contributed by atoms with E-state index in [4.69, 9.17) is 4.74 Å². The van der Waals surface area contributed by atoms with Gasteiger partial charge in [0.1, 0.15) is 0 Å². The summed E-state index contributed by atoms with van der Waals surface area (Å²) < 4.78 is 5.42. The largest absolute Gasteiger partial charge is 0.372 e. The first-order valence-electron chi connectivity index (χ1n) is 4.25. The highest BCUT2D eigenvalue weighted by Gasteiger charge is 2.38. The number of hydrogen-bond acceptors (Lipinski definition) is 2. The van der Waals surface area contributed by atoms with Gasteiger partial charge in [-0.3, -0.25) is 0 Å². The monoisotopic (exact) mass is 143 g/mol. The molecule has 0 radical (unpaired) electrons. The van der Waals surface area contributed by atoms with Gasteiger partial charge in [-0.1, -0.05) is 13.8 Å². The molecule has 0 aromatic rings. The van der Waals surface area contributed by atoms with Crippen LogP contribution in [-0.2, 0) is 4.74 Å². The Morgan fingerprint density at radius 2 is 2.00 bits per heavy atom. The van der Waals surface area contributed by atoms with Gasteiger partial charge in [-0.15, -0.1) is 0 Å². The number of piperidine rings is 1. The Hall–Kier alpha value is -0.0800. The minimum atomic E-state index is 0.536. The molecule has 3 unspecified atom stereocenters. The molecule has 0 aromatic heterocycles. The van der Waals surface area contributed by atoms with Crippen LogP contribution in [0.25, 0.3) is 0 Å². The third-order valence-corrected chi connectivity index (χ3v) is 2.09. The molecule has 3 saturated heterocycles. The van der Waals surface area contributed by atoms with Crippen molar-refractivity contribution in [2.75, 3.05) is 6.54 Å². The maximum absolute atomic E-state index is 5.42. The van der Waals surface area contributed by atoms with E-state index in [1.165, 1.54) is 6.42 Å². The molecule has 2 nitrogen and oxygen atoms in total. The van der Waals surface area contributed by atoms with Gasteiger partial charge < -0.3 is 10.1 Å². The molecule has 1 N–H and O–H groups in total. The van der Waals surface area contributed by atoms with E-state index in [1.54, 1.807) is 0 Å². The maximum atomic E-state index is 5.42. The Bertz CT molecular complexity index is 93.9. The summed E-state index contributed by atoms with van der Waals surface area (Å²) in [6.45, 7) is 7.25. The average molecular weight is 143 g/mol. The minimum Gasteiger partial charge on any atom is -0.372 e. The van der Waals surface area contributed by atoms with Crippen LogP contribution < -0.4 is 5.32 Å². The number of rotatable bonds is 0. The average Bonchev–Trinajstić information content (AvgIpc) is 1.90. The first-order valence-corrected chi connectivity index (χ1v) is 4.25. The lowest BCUT2D eigenvalue weighted by molar-refractivity contribution is -0.162. The Balaban J connectivity index is 0.000000231. The molecule has 3 fully saturated rings. The lowest BCUT2D eigenvalue weighted by Gasteiger charge is -2.45. The molecule has 3 atom stereocenters. The van der Waals surface area contributed by atoms with Gasteiger partial charge in [0, 0.05) is 19.0 Å². The van der Waals surface area contributed by atoms with Gasteiger partial charge in [0.05, 0.1) is 12.2 Å². The molecule has 0 aliphatic carbocycles. The van der Waals surface area contributed by atoms with E-state index in [1.807, 2.05) is 13.8 Å². The summed E-state index contributed by atoms with van der Waals surface area (Å²) in [5, 5.41) is 3.36. The number of morpholine rings is 1. The third kappa shape index (κ3) is 1.32. The van der Waals surface area contributed by atoms with E-state index in [0.717, 1.165) is 6.54 Å². The van der Waals surface area contributed by atoms with Crippen LogP contribution in [0.1, 0.15) is 27.2 Å². The second-order valence-corrected chi connectivity index (χ2v) is 2.73. The van der Waals surface area contributed by atoms with Crippen molar-refractivity contribution in [3.63, 3.8) is 0 Å². The van der Waals surface area contributed by atoms with E-state index in [0.29, 0.717) is 18.2 Å². The van der Waals surface area contributed by atoms with Gasteiger partial charge >= 0.3 is 0 Å². The molecule has 60 valence electrons. The second kappa shape index (κ2) is 3.35. The zero-order chi connectivity index (χ0) is 7.56. The summed E-state index contributed by atoms with van der Waals surface area (Å²) in [5.74, 6) is 0. The van der Waals surface area contributed by atoms with E-state index in [-0.39, 0.29) is 0 Å². The summed E-state index contributed by atoms with van der Waals surface area (Å²) >= 11 is 0. The van der Waals surface area contributed by atoms with Crippen molar-refractivity contribution in [3.8, 4) is 0 Å². The molecule has 0 spiro atoms. The summed E-state index contributed by atoms with van der Waals surface area (Å²) in [5.41, 5.74) is 0. The molecule has 0 aromatic carbocycles. The molecular formula is C8H17NO. The van der Waals surface area contributed by atoms with Crippen molar-refractivity contribution in [1.29, 1.82) is 0 Å². The van der Waals surface area contributed by atoms with Crippen LogP contribution in [0.2, 0.25) is 0 Å². The van der Waals surface area contributed by atoms with Crippen LogP contribution >= 0.6 is 0 Å². The minimum absolute atomic E-state index is 0.536. The fourth-order valence-corrected chi connectivity index (χ4v) is 1.40. The third-order valence-electron chi connectivity index (χ3n) is 2.09. The molecule has 3 aliphatic rings. The van der Waals surface area contributed by atoms with Crippen LogP contribution in [0.3, 0.4) is 0 Å². The first-order chi connectivity index (χ1) is 4.86. The van der Waals surface area contributed by atoms with Gasteiger partial charge in [0.25, 0.3) is 0 Å². The number of ether oxygens (including phenoxy) is 1. The predicted molar refractivity (Wildman–Crippen MR) is 42.1 cm³/mol. The van der Waals surface area contributed by atoms with Crippen molar-refractivity contribution < 1.29 is 4.74 Å². The van der Waals surface area contributed by atoms with E-state index in [9.17, 15) is 0 Å². The van der Waals surface area contributed by atoms with Crippen LogP contribution in [0.4, 0.5) is 0 Å². The summed E-state index contributed by atoms with van der Waals surface area (Å²) in [7, 11) is 0. The Morgan fingerprint density at radius 1 is 1.40 bits per heavy atom. The van der Waals surface area contributed by atoms with Gasteiger partial charge in [-0.2, -0.15) is 0 Å². The molecule has 0 amide bonds. The highest BCUT2D eigenvalue weighted by molar-refractivity contribution is 4.92. The lowest BCUT2D eigenvalue weighted by Crippen LogP contribution is -2.60. The zero-order valence-electron chi connectivity index (χ0n) is 7.05. The number of hydrogen-bond donors (Lipinski definition) is 1. The molecule has 10 heavy (non-hydrogen) atoms. The molecule has 2 heteroatoms. The van der Waals surface area contributed by atoms with Crippen molar-refractivity contribution in [3.05, 3.63) is 0 Å². The highest BCUT2D eigenvalue weighted by atomic mass is 16.5. The maximum Gasteiger partial charge on any atom is 0.0754 e. The van der Waals surface area contributed by atoms with Gasteiger partial charge in [0.2, 0.25) is 0 Å². The SMILES string of the molecule is CC.CC1NCC2CC1O2. The smallest absolute Gasteiger partial charge is 0.0754 e. The molecule has 0 saturated carbocycles. The van der Waals surface area contributed by atoms with Crippen molar-refractivity contribution in [2.24, 2.45) is 0 Å². The van der Waals surface area contributed by atoms with Crippen molar-refractivity contribution in [2.45, 2.75) is 45.4 Å². The Kier molecular flexibility index (Phi) is 2.69. The number of fused-ring (bicyclic) bond motifs is 2. The predicted octanol–water partition coefficient (Wildman–Crippen LogP) is 1.16. The molecular weight excluding hydrogens is 126 g/mol. The Labute approximate surface area is 63.0 Å². The molecule has 3 rings (SSSR count). The van der Waals surface area contributed by atoms with Crippen LogP contribution in [0.15, 0.2) is 0 Å². The van der Waals surface area contributed by atoms with Crippen molar-refractivity contribution in [1.82, 2.24) is 5.32 Å². The normalized spacial score (nSPS) is 42.9. The second-order valence-electron chi connectivity index (χ2n) is 2.73. The topological polar surface area (TPSA) is 21.3 Å². The summed E-state index contributed by atoms with van der Waals surface area (Å²) in [6.07, 6.45) is 2.37. The standard InChI is InChI=1S/C6H11NO.C2H6/c1-4-6-2-5(8-6)3-7-4;1-2/h4-7H,2-3H2,1H3;1-2H3. The fraction of sp³-hybridized carbons (Fsp3) is 1.00. The van der Waals surface area contributed by atoms with Crippen molar-refractivity contribution >= 4 is 0 Å². The molecule has 3 heterocycles. The molecule has 3 aliphatic heterocycles. The van der Waals surface area contributed by atoms with Crippen LogP contribution in [-0.4, -0.2) is 24.8 Å². The highest BCUT2D eigenvalue weighted by Crippen LogP contribution is 2.26. The fourth-order valence-electron chi connectivity index (χ4n) is 1.40. The van der Waals surface area contributed by atoms with E-state index in [2.05, 4.69) is 12.2 Å². The van der Waals surface area contributed by atoms with Gasteiger partial charge in [0.15, 0.2) is 0 Å². The van der Waals surface area contributed by atoms with Gasteiger partial charge in [-0.05, 0) is 6.92 Å². The Morgan fingerprint density at radius 3 is 2.20 bits per heavy atom. The summed E-state index contributed by atoms with van der Waals surface area (Å²) in [6, 6.07) is 0.597. The molecule has 2 bridgehead atoms. The summed E-state index contributed by atoms with van der Waals surface area (Å²) in [4.78, 5) is 0. The van der Waals surface area contributed by atoms with E-state index < -0.39 is 0 Å².